The summed E-state index contributed by atoms with van der Waals surface area (Å²) >= 11 is 0. The van der Waals surface area contributed by atoms with Crippen molar-refractivity contribution in [2.24, 2.45) is 5.92 Å². The van der Waals surface area contributed by atoms with Gasteiger partial charge in [-0.3, -0.25) is 23.2 Å². The van der Waals surface area contributed by atoms with Crippen LogP contribution in [0.3, 0.4) is 0 Å². The maximum absolute atomic E-state index is 12.7. The van der Waals surface area contributed by atoms with Crippen LogP contribution in [0.15, 0.2) is 12.2 Å². The Morgan fingerprint density at radius 1 is 0.673 bits per heavy atom. The van der Waals surface area contributed by atoms with Crippen LogP contribution < -0.4 is 0 Å². The van der Waals surface area contributed by atoms with E-state index in [0.717, 1.165) is 70.1 Å². The van der Waals surface area contributed by atoms with E-state index in [2.05, 4.69) is 42.0 Å². The Morgan fingerprint density at radius 2 is 1.24 bits per heavy atom. The Hall–Kier alpha value is -1.18. The van der Waals surface area contributed by atoms with E-state index in [1.165, 1.54) is 57.8 Å². The molecular formula is C39H74O14P2. The normalized spacial score (nSPS) is 18.0. The number of rotatable bonds is 38. The molecule has 0 aromatic carbocycles. The van der Waals surface area contributed by atoms with E-state index in [1.807, 2.05) is 0 Å². The number of unbranched alkanes of at least 4 members (excludes halogenated alkanes) is 15. The monoisotopic (exact) mass is 828 g/mol. The molecule has 16 heteroatoms. The number of allylic oxidation sites excluding steroid dienone is 1. The summed E-state index contributed by atoms with van der Waals surface area (Å²) in [7, 11) is -9.67. The van der Waals surface area contributed by atoms with Gasteiger partial charge < -0.3 is 34.0 Å². The zero-order chi connectivity index (χ0) is 40.8. The van der Waals surface area contributed by atoms with E-state index in [9.17, 15) is 28.7 Å². The van der Waals surface area contributed by atoms with Crippen molar-refractivity contribution in [3.8, 4) is 0 Å². The van der Waals surface area contributed by atoms with Crippen LogP contribution >= 0.6 is 15.6 Å². The number of phosphoric acid groups is 2. The quantitative estimate of drug-likeness (QED) is 0.0151. The van der Waals surface area contributed by atoms with Gasteiger partial charge in [-0.15, -0.1) is 0 Å². The third-order valence-corrected chi connectivity index (χ3v) is 10.7. The zero-order valence-corrected chi connectivity index (χ0v) is 35.7. The van der Waals surface area contributed by atoms with Gasteiger partial charge in [0.15, 0.2) is 6.10 Å². The van der Waals surface area contributed by atoms with E-state index < -0.39 is 59.6 Å². The highest BCUT2D eigenvalue weighted by Gasteiger charge is 2.36. The van der Waals surface area contributed by atoms with Crippen LogP contribution in [0, 0.1) is 5.92 Å². The van der Waals surface area contributed by atoms with Crippen LogP contribution in [0.25, 0.3) is 0 Å². The van der Waals surface area contributed by atoms with Crippen LogP contribution in [0.4, 0.5) is 0 Å². The van der Waals surface area contributed by atoms with Crippen LogP contribution in [0.1, 0.15) is 168 Å². The van der Waals surface area contributed by atoms with E-state index in [4.69, 9.17) is 28.5 Å². The highest BCUT2D eigenvalue weighted by Crippen LogP contribution is 2.44. The number of carbonyl (C=O) groups is 2. The molecule has 0 saturated carbocycles. The van der Waals surface area contributed by atoms with Gasteiger partial charge in [0, 0.05) is 12.8 Å². The van der Waals surface area contributed by atoms with Crippen LogP contribution in [0.5, 0.6) is 0 Å². The van der Waals surface area contributed by atoms with Gasteiger partial charge >= 0.3 is 27.6 Å². The minimum absolute atomic E-state index is 0.111. The molecule has 4 N–H and O–H groups in total. The van der Waals surface area contributed by atoms with Crippen molar-refractivity contribution in [1.29, 1.82) is 0 Å². The Morgan fingerprint density at radius 3 is 1.85 bits per heavy atom. The number of phosphoric ester groups is 2. The molecule has 55 heavy (non-hydrogen) atoms. The topological polar surface area (TPSA) is 208 Å². The second-order valence-corrected chi connectivity index (χ2v) is 17.8. The third kappa shape index (κ3) is 33.5. The highest BCUT2D eigenvalue weighted by atomic mass is 31.2. The van der Waals surface area contributed by atoms with Crippen molar-refractivity contribution in [2.45, 2.75) is 193 Å². The predicted octanol–water partition coefficient (Wildman–Crippen LogP) is 9.02. The molecule has 0 amide bonds. The molecule has 5 atom stereocenters. The molecule has 1 fully saturated rings. The minimum Gasteiger partial charge on any atom is -0.462 e. The maximum Gasteiger partial charge on any atom is 0.472 e. The highest BCUT2D eigenvalue weighted by molar-refractivity contribution is 7.47. The number of aliphatic hydroxyl groups excluding tert-OH is 1. The summed E-state index contributed by atoms with van der Waals surface area (Å²) in [5, 5.41) is 9.73. The Balaban J connectivity index is 2.38. The molecule has 1 rings (SSSR count). The van der Waals surface area contributed by atoms with E-state index in [-0.39, 0.29) is 19.4 Å². The van der Waals surface area contributed by atoms with Crippen molar-refractivity contribution in [3.05, 3.63) is 12.2 Å². The van der Waals surface area contributed by atoms with Gasteiger partial charge in [0.2, 0.25) is 0 Å². The molecule has 0 spiro atoms. The first-order chi connectivity index (χ1) is 26.2. The lowest BCUT2D eigenvalue weighted by Crippen LogP contribution is -2.30. The molecule has 1 saturated heterocycles. The summed E-state index contributed by atoms with van der Waals surface area (Å²) in [6, 6.07) is 0. The van der Waals surface area contributed by atoms with Crippen molar-refractivity contribution in [3.63, 3.8) is 0 Å². The maximum atomic E-state index is 12.7. The Labute approximate surface area is 330 Å². The van der Waals surface area contributed by atoms with Crippen LogP contribution in [-0.2, 0) is 46.5 Å². The van der Waals surface area contributed by atoms with E-state index in [0.29, 0.717) is 25.0 Å². The zero-order valence-electron chi connectivity index (χ0n) is 33.9. The SMILES string of the molecule is CCCCC/C=C\CC1OC1CCCCCCCC(=O)O[C@H](COC(=O)CCCCCCCCCCCC(C)C)COP(=O)(O)OC[C@@H](O)COP(=O)(O)O. The lowest BCUT2D eigenvalue weighted by molar-refractivity contribution is -0.161. The first-order valence-corrected chi connectivity index (χ1v) is 23.9. The Kier molecular flexibility index (Phi) is 29.9. The largest absolute Gasteiger partial charge is 0.472 e. The molecule has 14 nitrogen and oxygen atoms in total. The predicted molar refractivity (Wildman–Crippen MR) is 211 cm³/mol. The van der Waals surface area contributed by atoms with Crippen molar-refractivity contribution < 1.29 is 66.3 Å². The first-order valence-electron chi connectivity index (χ1n) is 20.9. The molecule has 1 heterocycles. The first kappa shape index (κ1) is 51.8. The molecule has 0 aromatic heterocycles. The molecule has 1 aliphatic rings. The smallest absolute Gasteiger partial charge is 0.462 e. The average molecular weight is 829 g/mol. The Bertz CT molecular complexity index is 1110. The van der Waals surface area contributed by atoms with Crippen molar-refractivity contribution >= 4 is 27.6 Å². The van der Waals surface area contributed by atoms with Crippen LogP contribution in [-0.4, -0.2) is 82.6 Å². The number of epoxide rings is 1. The van der Waals surface area contributed by atoms with Gasteiger partial charge in [-0.05, 0) is 44.4 Å². The van der Waals surface area contributed by atoms with Crippen LogP contribution in [0.2, 0.25) is 0 Å². The summed E-state index contributed by atoms with van der Waals surface area (Å²) in [4.78, 5) is 52.6. The average Bonchev–Trinajstić information content (AvgIpc) is 3.88. The molecule has 324 valence electrons. The number of esters is 2. The standard InChI is InChI=1S/C39H74O14P2/c1-4-5-6-7-15-20-25-36-37(53-36)26-21-16-13-18-23-28-39(42)52-35(32-51-55(46,47)50-30-34(40)29-49-54(43,44)45)31-48-38(41)27-22-17-12-10-8-9-11-14-19-24-33(2)3/h15,20,33-37,40H,4-14,16-19,21-32H2,1-3H3,(H,46,47)(H2,43,44,45)/b20-15-/t34-,35+,36?,37?/m0/s1. The molecule has 3 unspecified atom stereocenters. The fraction of sp³-hybridized carbons (Fsp3) is 0.897. The lowest BCUT2D eigenvalue weighted by Gasteiger charge is -2.20. The summed E-state index contributed by atoms with van der Waals surface area (Å²) in [5.74, 6) is -0.292. The fourth-order valence-corrected chi connectivity index (χ4v) is 7.11. The third-order valence-electron chi connectivity index (χ3n) is 9.25. The number of aliphatic hydroxyl groups is 1. The molecule has 0 aliphatic carbocycles. The second kappa shape index (κ2) is 31.8. The summed E-state index contributed by atoms with van der Waals surface area (Å²) < 4.78 is 53.5. The van der Waals surface area contributed by atoms with Gasteiger partial charge in [0.1, 0.15) is 12.7 Å². The van der Waals surface area contributed by atoms with Gasteiger partial charge in [0.05, 0.1) is 32.0 Å². The summed E-state index contributed by atoms with van der Waals surface area (Å²) in [6.07, 6.45) is 25.3. The van der Waals surface area contributed by atoms with E-state index in [1.54, 1.807) is 0 Å². The molecule has 0 aromatic rings. The van der Waals surface area contributed by atoms with Crippen molar-refractivity contribution in [2.75, 3.05) is 26.4 Å². The molecule has 1 aliphatic heterocycles. The van der Waals surface area contributed by atoms with E-state index >= 15 is 0 Å². The number of hydrogen-bond donors (Lipinski definition) is 4. The molecule has 0 radical (unpaired) electrons. The van der Waals surface area contributed by atoms with Gasteiger partial charge in [-0.25, -0.2) is 9.13 Å². The summed E-state index contributed by atoms with van der Waals surface area (Å²) in [5.41, 5.74) is 0. The number of ether oxygens (including phenoxy) is 3. The lowest BCUT2D eigenvalue weighted by atomic mass is 10.0. The fourth-order valence-electron chi connectivity index (χ4n) is 5.95. The van der Waals surface area contributed by atoms with Crippen molar-refractivity contribution in [1.82, 2.24) is 0 Å². The number of hydrogen-bond acceptors (Lipinski definition) is 11. The molecule has 0 bridgehead atoms. The molecular weight excluding hydrogens is 754 g/mol. The van der Waals surface area contributed by atoms with Gasteiger partial charge in [0.25, 0.3) is 0 Å². The second-order valence-electron chi connectivity index (χ2n) is 15.1. The number of carbonyl (C=O) groups excluding carboxylic acids is 2. The summed E-state index contributed by atoms with van der Waals surface area (Å²) in [6.45, 7) is 3.98. The minimum atomic E-state index is -4.86. The van der Waals surface area contributed by atoms with Gasteiger partial charge in [-0.2, -0.15) is 0 Å². The van der Waals surface area contributed by atoms with Gasteiger partial charge in [-0.1, -0.05) is 129 Å².